The second kappa shape index (κ2) is 101. The van der Waals surface area contributed by atoms with E-state index in [1.807, 2.05) is 28.1 Å². The molecule has 0 saturated heterocycles. The number of ketones is 4. The summed E-state index contributed by atoms with van der Waals surface area (Å²) in [6, 6.07) is -0.745. The SMILES string of the molecule is C=C(C(C)=O)C(F)(F)F.C=C(C)C(=O)OC.C=C(C)C(=O)OC.C=C(C)C(=O)OC.C=C(C)C(C)=O.C=C(C)COC.C=C(C)F.C=C(C)OC.C=C(F)C(C)=O.C=C(F)OC.C=CC.C=CC(=O)OC.C=CC(=O)OC.C=CC(C)=O.C=CCOC.C=COC.CC1CC2C=CC1C2.CC1CC2CCC1C2.CC1CC2CCC1C2.CCCC1CC2CCC1C2.COCCC1CC2CCC1C2.COCCC1CC2CCC1C2. The van der Waals surface area contributed by atoms with Gasteiger partial charge in [-0.25, -0.2) is 32.8 Å². The van der Waals surface area contributed by atoms with Crippen LogP contribution in [0.4, 0.5) is 26.3 Å². The molecule has 18 atom stereocenters. The Morgan fingerprint density at radius 3 is 0.741 bits per heavy atom. The molecular weight excluding hydrogens is 1890 g/mol. The minimum atomic E-state index is -4.56. The highest BCUT2D eigenvalue weighted by Crippen LogP contribution is 2.53. The second-order valence-electron chi connectivity index (χ2n) is 38.2. The summed E-state index contributed by atoms with van der Waals surface area (Å²) in [5.74, 6) is 15.7. The largest absolute Gasteiger partial charge is 0.505 e. The van der Waals surface area contributed by atoms with E-state index >= 15 is 0 Å². The predicted octanol–water partition coefficient (Wildman–Crippen LogP) is 30.5. The molecule has 12 bridgehead atoms. The summed E-state index contributed by atoms with van der Waals surface area (Å²) in [7, 11) is 17.9. The van der Waals surface area contributed by atoms with E-state index in [1.165, 1.54) is 166 Å². The van der Waals surface area contributed by atoms with Gasteiger partial charge in [-0.3, -0.25) is 19.2 Å². The Labute approximate surface area is 887 Å². The molecule has 11 saturated carbocycles. The van der Waals surface area contributed by atoms with Gasteiger partial charge in [0.25, 0.3) is 6.01 Å². The smallest absolute Gasteiger partial charge is 0.419 e. The Bertz CT molecular complexity index is 3580. The zero-order valence-electron chi connectivity index (χ0n) is 96.4. The number of Topliss-reactive ketones (excluding diaryl/α,β-unsaturated/α-hetero) is 3. The fraction of sp³-hybridized carbons (Fsp3) is 0.642. The third kappa shape index (κ3) is 97.0. The lowest BCUT2D eigenvalue weighted by molar-refractivity contribution is -0.136. The van der Waals surface area contributed by atoms with E-state index < -0.39 is 47.1 Å². The minimum Gasteiger partial charge on any atom is -0.505 e. The van der Waals surface area contributed by atoms with Gasteiger partial charge in [-0.15, -0.1) is 13.2 Å². The third-order valence-electron chi connectivity index (χ3n) is 25.3. The fourth-order valence-electron chi connectivity index (χ4n) is 17.5. The molecule has 0 aliphatic heterocycles. The molecular formula is C120H202F6O21. The van der Waals surface area contributed by atoms with Gasteiger partial charge in [-0.2, -0.15) is 17.6 Å². The third-order valence-corrected chi connectivity index (χ3v) is 25.3. The molecule has 11 fully saturated rings. The molecule has 0 amide bonds. The lowest BCUT2D eigenvalue weighted by Gasteiger charge is -2.20. The lowest BCUT2D eigenvalue weighted by atomic mass is 9.86. The van der Waals surface area contributed by atoms with Crippen molar-refractivity contribution in [3.8, 4) is 0 Å². The molecule has 0 spiro atoms. The zero-order valence-corrected chi connectivity index (χ0v) is 96.4. The molecule has 0 aromatic rings. The van der Waals surface area contributed by atoms with Gasteiger partial charge >= 0.3 is 36.0 Å². The van der Waals surface area contributed by atoms with E-state index in [0.29, 0.717) is 35.5 Å². The molecule has 18 unspecified atom stereocenters. The van der Waals surface area contributed by atoms with Gasteiger partial charge < -0.3 is 56.8 Å². The molecule has 12 aliphatic rings. The number of alkyl halides is 3. The van der Waals surface area contributed by atoms with Crippen LogP contribution in [0, 0.1) is 107 Å². The summed E-state index contributed by atoms with van der Waals surface area (Å²) in [5.41, 5.74) is 1.68. The average molecular weight is 2090 g/mol. The highest BCUT2D eigenvalue weighted by molar-refractivity contribution is 5.94. The first kappa shape index (κ1) is 158. The molecule has 0 aromatic heterocycles. The van der Waals surface area contributed by atoms with Crippen LogP contribution in [0.25, 0.3) is 0 Å². The summed E-state index contributed by atoms with van der Waals surface area (Å²) >= 11 is 0. The number of carbonyl (C=O) groups is 9. The highest BCUT2D eigenvalue weighted by Gasteiger charge is 2.42. The van der Waals surface area contributed by atoms with Crippen LogP contribution in [0.2, 0.25) is 0 Å². The number of allylic oxidation sites excluding steroid dienone is 9. The molecule has 12 rings (SSSR count). The highest BCUT2D eigenvalue weighted by atomic mass is 19.4. The normalized spacial score (nSPS) is 22.5. The quantitative estimate of drug-likeness (QED) is 0.0217. The van der Waals surface area contributed by atoms with Crippen molar-refractivity contribution >= 4 is 53.0 Å². The van der Waals surface area contributed by atoms with Gasteiger partial charge in [-0.05, 0) is 323 Å². The van der Waals surface area contributed by atoms with Gasteiger partial charge in [0.1, 0.15) is 0 Å². The van der Waals surface area contributed by atoms with Crippen molar-refractivity contribution in [3.05, 3.63) is 211 Å². The van der Waals surface area contributed by atoms with Crippen molar-refractivity contribution in [1.29, 1.82) is 0 Å². The number of rotatable bonds is 24. The molecule has 12 aliphatic carbocycles. The monoisotopic (exact) mass is 2090 g/mol. The number of esters is 5. The molecule has 0 N–H and O–H groups in total. The Hall–Kier alpha value is -9.57. The number of ether oxygens (including phenoxy) is 12. The number of halogens is 6. The Balaban J connectivity index is -0.000000168. The van der Waals surface area contributed by atoms with Crippen molar-refractivity contribution in [2.24, 2.45) is 107 Å². The number of hydrogen-bond acceptors (Lipinski definition) is 21. The standard InChI is InChI=1S/2C10H18O.C10H18.2C8H14.C8H12.C5H5F3O.3C5H8O2.C5H10O.C5H8O.C4H5FO.2C4H6O2.2C4H8O.C4H6O.C3H5FO.C3H5F.C3H6O.C3H6/c2*1-11-5-4-10-7-8-2-3-9(10)6-8;1-2-3-9-6-8-4-5-10(9)7-8;3*1-6-4-7-2-3-8(6)5-7;1-3(4(2)9)5(6,7)8;3*1-4(2)5(6)7-3;1-5(2)4-6-3;1-4(2)5(3)6;1-3(5)4(2)6;2*1-3-4(5)6-2;1-4(2)5-3;1-3-4-5-2;1-3-4(2)5;1-3(4)5-2;1-3(2)4;1-3-4-2;1-3-2/h2*8-10H,2-7H2,1H3;8-10H,2-7H2,1H3;2*6-8H,2-5H2,1H3;2-3,6-8H,4-5H2,1H3;1H2,2H3;3*1H2,2-3H3;1,4H2,2-3H3;1H2,2-3H3;1H2,2H3;2*3H,1H2,2H3;1H2,2-3H3;3H,1,4H2,2H3;3H,1H2,2H3;1H2,2H3;1H2,2H3;3H,1H2,2H3;3H,1H2,2H3. The molecule has 27 heteroatoms. The van der Waals surface area contributed by atoms with Crippen LogP contribution in [0.1, 0.15) is 278 Å². The van der Waals surface area contributed by atoms with Crippen LogP contribution < -0.4 is 0 Å². The van der Waals surface area contributed by atoms with Crippen LogP contribution >= 0.6 is 0 Å². The van der Waals surface area contributed by atoms with E-state index in [-0.39, 0.29) is 35.3 Å². The summed E-state index contributed by atoms with van der Waals surface area (Å²) in [6.07, 6.45) is 47.9. The van der Waals surface area contributed by atoms with Crippen LogP contribution in [-0.2, 0) is 100.0 Å². The Morgan fingerprint density at radius 1 is 0.374 bits per heavy atom. The molecule has 147 heavy (non-hydrogen) atoms. The minimum absolute atomic E-state index is 0.0185. The molecule has 0 radical (unpaired) electrons. The average Bonchev–Trinajstić information content (AvgIpc) is 1.67. The fourth-order valence-corrected chi connectivity index (χ4v) is 17.5. The van der Waals surface area contributed by atoms with Crippen molar-refractivity contribution in [2.45, 2.75) is 284 Å². The molecule has 0 aromatic carbocycles. The number of fused-ring (bicyclic) bond motifs is 12. The van der Waals surface area contributed by atoms with Crippen molar-refractivity contribution in [1.82, 2.24) is 0 Å². The van der Waals surface area contributed by atoms with Gasteiger partial charge in [-0.1, -0.05) is 188 Å². The summed E-state index contributed by atoms with van der Waals surface area (Å²) in [5, 5.41) is 0. The first-order valence-electron chi connectivity index (χ1n) is 50.7. The molecule has 21 nitrogen and oxygen atoms in total. The van der Waals surface area contributed by atoms with Crippen LogP contribution in [0.15, 0.2) is 211 Å². The van der Waals surface area contributed by atoms with Gasteiger partial charge in [0.05, 0.1) is 93.5 Å². The number of methoxy groups -OCH3 is 12. The maximum absolute atomic E-state index is 11.4. The van der Waals surface area contributed by atoms with Gasteiger partial charge in [0.15, 0.2) is 29.0 Å². The first-order chi connectivity index (χ1) is 68.6. The van der Waals surface area contributed by atoms with Crippen molar-refractivity contribution < 1.29 is 126 Å². The van der Waals surface area contributed by atoms with E-state index in [2.05, 4.69) is 188 Å². The van der Waals surface area contributed by atoms with Crippen LogP contribution in [0.3, 0.4) is 0 Å². The predicted molar refractivity (Wildman–Crippen MR) is 593 cm³/mol. The van der Waals surface area contributed by atoms with Gasteiger partial charge in [0, 0.05) is 77.4 Å². The van der Waals surface area contributed by atoms with Crippen LogP contribution in [0.5, 0.6) is 0 Å². The number of carbonyl (C=O) groups excluding carboxylic acids is 9. The van der Waals surface area contributed by atoms with E-state index in [9.17, 15) is 69.5 Å². The first-order valence-corrected chi connectivity index (χ1v) is 50.7. The maximum Gasteiger partial charge on any atom is 0.419 e. The summed E-state index contributed by atoms with van der Waals surface area (Å²) in [4.78, 5) is 89.6. The summed E-state index contributed by atoms with van der Waals surface area (Å²) in [6.45, 7) is 82.3. The van der Waals surface area contributed by atoms with Crippen LogP contribution in [-0.4, -0.2) is 171 Å². The van der Waals surface area contributed by atoms with Gasteiger partial charge in [0.2, 0.25) is 0 Å². The Kier molecular flexibility index (Phi) is 108. The topological polar surface area (TPSA) is 264 Å². The second-order valence-corrected chi connectivity index (χ2v) is 38.2. The lowest BCUT2D eigenvalue weighted by Crippen LogP contribution is -2.16. The summed E-state index contributed by atoms with van der Waals surface area (Å²) < 4.78 is 121. The Morgan fingerprint density at radius 2 is 0.667 bits per heavy atom. The van der Waals surface area contributed by atoms with E-state index in [4.69, 9.17) is 14.2 Å². The molecule has 850 valence electrons. The number of hydrogen-bond donors (Lipinski definition) is 0. The molecule has 0 heterocycles. The zero-order chi connectivity index (χ0) is 116. The van der Waals surface area contributed by atoms with Crippen molar-refractivity contribution in [2.75, 3.05) is 112 Å². The van der Waals surface area contributed by atoms with Crippen molar-refractivity contribution in [3.63, 3.8) is 0 Å². The van der Waals surface area contributed by atoms with E-state index in [0.717, 1.165) is 157 Å². The van der Waals surface area contributed by atoms with E-state index in [1.54, 1.807) is 152 Å². The maximum atomic E-state index is 11.4.